The summed E-state index contributed by atoms with van der Waals surface area (Å²) in [6.45, 7) is 4.24. The fourth-order valence-electron chi connectivity index (χ4n) is 1.70. The molecule has 0 aromatic carbocycles. The van der Waals surface area contributed by atoms with Gasteiger partial charge >= 0.3 is 6.16 Å². The molecule has 0 fully saturated rings. The van der Waals surface area contributed by atoms with Crippen molar-refractivity contribution in [2.24, 2.45) is 0 Å². The summed E-state index contributed by atoms with van der Waals surface area (Å²) in [4.78, 5) is 10.4. The van der Waals surface area contributed by atoms with Gasteiger partial charge in [0.15, 0.2) is 0 Å². The van der Waals surface area contributed by atoms with E-state index in [9.17, 15) is 4.79 Å². The van der Waals surface area contributed by atoms with Crippen LogP contribution in [0.4, 0.5) is 4.79 Å². The van der Waals surface area contributed by atoms with E-state index in [1.807, 2.05) is 0 Å². The van der Waals surface area contributed by atoms with Crippen molar-refractivity contribution in [2.45, 2.75) is 45.1 Å². The highest BCUT2D eigenvalue weighted by Gasteiger charge is 2.11. The van der Waals surface area contributed by atoms with Gasteiger partial charge in [-0.2, -0.15) is 0 Å². The van der Waals surface area contributed by atoms with Crippen LogP contribution in [-0.2, 0) is 18.9 Å². The number of methoxy groups -OCH3 is 1. The number of carbonyl (C=O) groups is 1. The Labute approximate surface area is 121 Å². The van der Waals surface area contributed by atoms with E-state index >= 15 is 0 Å². The standard InChI is InChI=1S/C14H28O6/c1-3-4-5-6-7-13(12-20-14(15)16)19-11-10-18-9-8-17-2/h13H,3-12H2,1-2H3,(H,15,16). The van der Waals surface area contributed by atoms with Crippen molar-refractivity contribution in [2.75, 3.05) is 40.1 Å². The highest BCUT2D eigenvalue weighted by Crippen LogP contribution is 2.09. The van der Waals surface area contributed by atoms with Crippen LogP contribution in [0.5, 0.6) is 0 Å². The SMILES string of the molecule is CCCCCCC(COC(=O)O)OCCOCCOC. The molecular formula is C14H28O6. The van der Waals surface area contributed by atoms with E-state index in [0.29, 0.717) is 26.4 Å². The van der Waals surface area contributed by atoms with Gasteiger partial charge < -0.3 is 24.1 Å². The molecule has 0 rings (SSSR count). The molecule has 20 heavy (non-hydrogen) atoms. The quantitative estimate of drug-likeness (QED) is 0.392. The number of unbranched alkanes of at least 4 members (excludes halogenated alkanes) is 3. The first kappa shape index (κ1) is 19.1. The molecule has 0 aromatic heterocycles. The molecule has 0 heterocycles. The van der Waals surface area contributed by atoms with Gasteiger partial charge in [0.25, 0.3) is 0 Å². The van der Waals surface area contributed by atoms with Crippen LogP contribution in [-0.4, -0.2) is 57.5 Å². The molecule has 6 nitrogen and oxygen atoms in total. The summed E-state index contributed by atoms with van der Waals surface area (Å²) in [5.41, 5.74) is 0. The lowest BCUT2D eigenvalue weighted by atomic mass is 10.1. The number of carboxylic acid groups (broad SMARTS) is 1. The summed E-state index contributed by atoms with van der Waals surface area (Å²) < 4.78 is 20.3. The minimum absolute atomic E-state index is 0.0829. The van der Waals surface area contributed by atoms with Crippen LogP contribution in [0, 0.1) is 0 Å². The van der Waals surface area contributed by atoms with Gasteiger partial charge in [0.2, 0.25) is 0 Å². The highest BCUT2D eigenvalue weighted by molar-refractivity contribution is 5.56. The number of ether oxygens (including phenoxy) is 4. The summed E-state index contributed by atoms with van der Waals surface area (Å²) in [6, 6.07) is 0. The van der Waals surface area contributed by atoms with Gasteiger partial charge in [0.1, 0.15) is 6.61 Å². The van der Waals surface area contributed by atoms with E-state index in [4.69, 9.17) is 19.3 Å². The topological polar surface area (TPSA) is 74.2 Å². The van der Waals surface area contributed by atoms with Gasteiger partial charge in [0, 0.05) is 7.11 Å². The average Bonchev–Trinajstić information content (AvgIpc) is 2.43. The lowest BCUT2D eigenvalue weighted by Gasteiger charge is -2.17. The first-order valence-corrected chi connectivity index (χ1v) is 7.24. The minimum atomic E-state index is -1.26. The van der Waals surface area contributed by atoms with Gasteiger partial charge in [-0.1, -0.05) is 32.6 Å². The maximum Gasteiger partial charge on any atom is 0.505 e. The van der Waals surface area contributed by atoms with E-state index < -0.39 is 6.16 Å². The second-order valence-electron chi connectivity index (χ2n) is 4.52. The Bertz CT molecular complexity index is 222. The van der Waals surface area contributed by atoms with Crippen molar-refractivity contribution < 1.29 is 28.8 Å². The molecule has 120 valence electrons. The van der Waals surface area contributed by atoms with Crippen molar-refractivity contribution in [3.05, 3.63) is 0 Å². The lowest BCUT2D eigenvalue weighted by molar-refractivity contribution is -0.0383. The maximum absolute atomic E-state index is 10.4. The van der Waals surface area contributed by atoms with Crippen molar-refractivity contribution in [3.63, 3.8) is 0 Å². The van der Waals surface area contributed by atoms with Gasteiger partial charge in [-0.25, -0.2) is 4.79 Å². The second-order valence-corrected chi connectivity index (χ2v) is 4.52. The molecule has 0 aliphatic rings. The van der Waals surface area contributed by atoms with E-state index in [-0.39, 0.29) is 12.7 Å². The van der Waals surface area contributed by atoms with Crippen LogP contribution in [0.25, 0.3) is 0 Å². The summed E-state index contributed by atoms with van der Waals surface area (Å²) in [6.07, 6.45) is 3.87. The van der Waals surface area contributed by atoms with Gasteiger partial charge in [-0.15, -0.1) is 0 Å². The molecule has 0 aromatic rings. The van der Waals surface area contributed by atoms with Crippen molar-refractivity contribution in [3.8, 4) is 0 Å². The fourth-order valence-corrected chi connectivity index (χ4v) is 1.70. The molecule has 1 N–H and O–H groups in total. The van der Waals surface area contributed by atoms with Crippen LogP contribution < -0.4 is 0 Å². The van der Waals surface area contributed by atoms with Crippen LogP contribution in [0.2, 0.25) is 0 Å². The van der Waals surface area contributed by atoms with Crippen LogP contribution in [0.1, 0.15) is 39.0 Å². The Balaban J connectivity index is 3.71. The molecule has 0 aliphatic heterocycles. The molecule has 0 spiro atoms. The molecule has 6 heteroatoms. The summed E-state index contributed by atoms with van der Waals surface area (Å²) in [7, 11) is 1.62. The van der Waals surface area contributed by atoms with E-state index in [0.717, 1.165) is 19.3 Å². The van der Waals surface area contributed by atoms with E-state index in [1.165, 1.54) is 12.8 Å². The third kappa shape index (κ3) is 13.6. The minimum Gasteiger partial charge on any atom is -0.450 e. The third-order valence-corrected chi connectivity index (χ3v) is 2.79. The Morgan fingerprint density at radius 1 is 1.10 bits per heavy atom. The first-order chi connectivity index (χ1) is 9.70. The van der Waals surface area contributed by atoms with Crippen LogP contribution in [0.15, 0.2) is 0 Å². The number of hydrogen-bond donors (Lipinski definition) is 1. The average molecular weight is 292 g/mol. The Morgan fingerprint density at radius 3 is 2.50 bits per heavy atom. The first-order valence-electron chi connectivity index (χ1n) is 7.24. The number of rotatable bonds is 14. The van der Waals surface area contributed by atoms with Crippen molar-refractivity contribution >= 4 is 6.16 Å². The highest BCUT2D eigenvalue weighted by atomic mass is 16.7. The largest absolute Gasteiger partial charge is 0.505 e. The molecular weight excluding hydrogens is 264 g/mol. The molecule has 0 saturated heterocycles. The molecule has 0 radical (unpaired) electrons. The monoisotopic (exact) mass is 292 g/mol. The zero-order valence-corrected chi connectivity index (χ0v) is 12.6. The molecule has 0 saturated carbocycles. The summed E-state index contributed by atoms with van der Waals surface area (Å²) in [5, 5.41) is 8.52. The van der Waals surface area contributed by atoms with E-state index in [1.54, 1.807) is 7.11 Å². The van der Waals surface area contributed by atoms with Crippen LogP contribution in [0.3, 0.4) is 0 Å². The number of hydrogen-bond acceptors (Lipinski definition) is 5. The zero-order valence-electron chi connectivity index (χ0n) is 12.6. The normalized spacial score (nSPS) is 12.3. The molecule has 0 aliphatic carbocycles. The van der Waals surface area contributed by atoms with Crippen molar-refractivity contribution in [1.29, 1.82) is 0 Å². The predicted molar refractivity (Wildman–Crippen MR) is 75.2 cm³/mol. The molecule has 0 amide bonds. The second kappa shape index (κ2) is 14.6. The maximum atomic E-state index is 10.4. The van der Waals surface area contributed by atoms with Gasteiger partial charge in [-0.05, 0) is 6.42 Å². The van der Waals surface area contributed by atoms with E-state index in [2.05, 4.69) is 11.7 Å². The Hall–Kier alpha value is -0.850. The fraction of sp³-hybridized carbons (Fsp3) is 0.929. The Morgan fingerprint density at radius 2 is 1.85 bits per heavy atom. The molecule has 1 unspecified atom stereocenters. The summed E-state index contributed by atoms with van der Waals surface area (Å²) in [5.74, 6) is 0. The Kier molecular flexibility index (Phi) is 13.9. The lowest BCUT2D eigenvalue weighted by Crippen LogP contribution is -2.24. The van der Waals surface area contributed by atoms with Crippen molar-refractivity contribution in [1.82, 2.24) is 0 Å². The molecule has 0 bridgehead atoms. The zero-order chi connectivity index (χ0) is 15.1. The van der Waals surface area contributed by atoms with Gasteiger partial charge in [0.05, 0.1) is 32.5 Å². The van der Waals surface area contributed by atoms with Gasteiger partial charge in [-0.3, -0.25) is 0 Å². The van der Waals surface area contributed by atoms with Crippen LogP contribution >= 0.6 is 0 Å². The summed E-state index contributed by atoms with van der Waals surface area (Å²) >= 11 is 0. The third-order valence-electron chi connectivity index (χ3n) is 2.79. The molecule has 1 atom stereocenters. The smallest absolute Gasteiger partial charge is 0.450 e. The predicted octanol–water partition coefficient (Wildman–Crippen LogP) is 2.70.